The summed E-state index contributed by atoms with van der Waals surface area (Å²) in [4.78, 5) is 11.6. The van der Waals surface area contributed by atoms with Gasteiger partial charge in [-0.05, 0) is 39.0 Å². The van der Waals surface area contributed by atoms with E-state index in [1.54, 1.807) is 0 Å². The Morgan fingerprint density at radius 3 is 2.60 bits per heavy atom. The van der Waals surface area contributed by atoms with Crippen molar-refractivity contribution in [2.45, 2.75) is 44.9 Å². The van der Waals surface area contributed by atoms with Crippen LogP contribution < -0.4 is 10.2 Å². The molecule has 1 heterocycles. The summed E-state index contributed by atoms with van der Waals surface area (Å²) in [6.07, 6.45) is 5.44. The van der Waals surface area contributed by atoms with Crippen molar-refractivity contribution in [3.63, 3.8) is 0 Å². The Labute approximate surface area is 121 Å². The van der Waals surface area contributed by atoms with Gasteiger partial charge in [0.2, 0.25) is 0 Å². The van der Waals surface area contributed by atoms with Crippen molar-refractivity contribution >= 4 is 11.6 Å². The molecule has 5 heteroatoms. The lowest BCUT2D eigenvalue weighted by Crippen LogP contribution is -2.22. The molecule has 1 aromatic rings. The SMILES string of the molecule is CNc1nc(C2CC2)nc(N(C)CCCCCO)c1C. The number of nitrogens with zero attached hydrogens (tertiary/aromatic N) is 3. The van der Waals surface area contributed by atoms with Gasteiger partial charge >= 0.3 is 0 Å². The maximum atomic E-state index is 8.82. The van der Waals surface area contributed by atoms with Crippen LogP contribution >= 0.6 is 0 Å². The van der Waals surface area contributed by atoms with E-state index in [9.17, 15) is 0 Å². The predicted molar refractivity (Wildman–Crippen MR) is 82.5 cm³/mol. The fraction of sp³-hybridized carbons (Fsp3) is 0.733. The molecule has 0 aromatic carbocycles. The summed E-state index contributed by atoms with van der Waals surface area (Å²) in [6, 6.07) is 0. The fourth-order valence-electron chi connectivity index (χ4n) is 2.40. The van der Waals surface area contributed by atoms with E-state index in [2.05, 4.69) is 29.2 Å². The number of aromatic nitrogens is 2. The largest absolute Gasteiger partial charge is 0.396 e. The summed E-state index contributed by atoms with van der Waals surface area (Å²) < 4.78 is 0. The highest BCUT2D eigenvalue weighted by Crippen LogP contribution is 2.39. The van der Waals surface area contributed by atoms with Gasteiger partial charge in [0.15, 0.2) is 0 Å². The van der Waals surface area contributed by atoms with Gasteiger partial charge in [-0.3, -0.25) is 0 Å². The Morgan fingerprint density at radius 2 is 2.00 bits per heavy atom. The van der Waals surface area contributed by atoms with Gasteiger partial charge in [0.25, 0.3) is 0 Å². The standard InChI is InChI=1S/C15H26N4O/c1-11-13(16-2)17-14(12-7-8-12)18-15(11)19(3)9-5-4-6-10-20/h12,20H,4-10H2,1-3H3,(H,16,17,18). The summed E-state index contributed by atoms with van der Waals surface area (Å²) in [5.41, 5.74) is 1.11. The average molecular weight is 278 g/mol. The highest BCUT2D eigenvalue weighted by Gasteiger charge is 2.28. The summed E-state index contributed by atoms with van der Waals surface area (Å²) in [5.74, 6) is 3.52. The van der Waals surface area contributed by atoms with Gasteiger partial charge < -0.3 is 15.3 Å². The van der Waals surface area contributed by atoms with Crippen LogP contribution in [-0.4, -0.2) is 42.3 Å². The molecule has 0 unspecified atom stereocenters. The summed E-state index contributed by atoms with van der Waals surface area (Å²) in [5, 5.41) is 12.0. The maximum Gasteiger partial charge on any atom is 0.137 e. The smallest absolute Gasteiger partial charge is 0.137 e. The van der Waals surface area contributed by atoms with Crippen molar-refractivity contribution in [2.24, 2.45) is 0 Å². The third-order valence-corrected chi connectivity index (χ3v) is 3.83. The summed E-state index contributed by atoms with van der Waals surface area (Å²) in [7, 11) is 4.00. The van der Waals surface area contributed by atoms with Gasteiger partial charge in [0, 0.05) is 38.7 Å². The molecule has 0 radical (unpaired) electrons. The number of anilines is 2. The minimum absolute atomic E-state index is 0.284. The van der Waals surface area contributed by atoms with Crippen molar-refractivity contribution in [1.29, 1.82) is 0 Å². The molecule has 112 valence electrons. The van der Waals surface area contributed by atoms with Gasteiger partial charge in [-0.25, -0.2) is 9.97 Å². The Balaban J connectivity index is 2.10. The predicted octanol–water partition coefficient (Wildman–Crippen LogP) is 2.30. The molecule has 0 spiro atoms. The van der Waals surface area contributed by atoms with Gasteiger partial charge in [0.1, 0.15) is 17.5 Å². The molecule has 0 aliphatic heterocycles. The molecule has 0 bridgehead atoms. The van der Waals surface area contributed by atoms with Crippen LogP contribution in [0.25, 0.3) is 0 Å². The fourth-order valence-corrected chi connectivity index (χ4v) is 2.40. The second-order valence-electron chi connectivity index (χ2n) is 5.61. The first-order valence-corrected chi connectivity index (χ1v) is 7.55. The monoisotopic (exact) mass is 278 g/mol. The van der Waals surface area contributed by atoms with Crippen LogP contribution in [0.3, 0.4) is 0 Å². The number of aliphatic hydroxyl groups is 1. The Bertz CT molecular complexity index is 446. The minimum Gasteiger partial charge on any atom is -0.396 e. The molecule has 1 aliphatic carbocycles. The number of hydrogen-bond acceptors (Lipinski definition) is 5. The third-order valence-electron chi connectivity index (χ3n) is 3.83. The zero-order chi connectivity index (χ0) is 14.5. The van der Waals surface area contributed by atoms with Crippen LogP contribution in [0, 0.1) is 6.92 Å². The highest BCUT2D eigenvalue weighted by atomic mass is 16.2. The number of unbranched alkanes of at least 4 members (excludes halogenated alkanes) is 2. The lowest BCUT2D eigenvalue weighted by molar-refractivity contribution is 0.283. The van der Waals surface area contributed by atoms with Gasteiger partial charge in [-0.1, -0.05) is 0 Å². The van der Waals surface area contributed by atoms with Crippen LogP contribution in [0.2, 0.25) is 0 Å². The van der Waals surface area contributed by atoms with Crippen molar-refractivity contribution in [3.8, 4) is 0 Å². The van der Waals surface area contributed by atoms with E-state index in [1.807, 2.05) is 7.05 Å². The molecule has 5 nitrogen and oxygen atoms in total. The van der Waals surface area contributed by atoms with E-state index < -0.39 is 0 Å². The summed E-state index contributed by atoms with van der Waals surface area (Å²) in [6.45, 7) is 3.32. The van der Waals surface area contributed by atoms with Crippen molar-refractivity contribution in [2.75, 3.05) is 37.5 Å². The quantitative estimate of drug-likeness (QED) is 0.715. The average Bonchev–Trinajstić information content (AvgIpc) is 3.28. The van der Waals surface area contributed by atoms with Gasteiger partial charge in [-0.2, -0.15) is 0 Å². The van der Waals surface area contributed by atoms with E-state index in [1.165, 1.54) is 12.8 Å². The molecule has 0 saturated heterocycles. The van der Waals surface area contributed by atoms with E-state index in [4.69, 9.17) is 10.1 Å². The molecule has 1 fully saturated rings. The van der Waals surface area contributed by atoms with Crippen molar-refractivity contribution in [3.05, 3.63) is 11.4 Å². The van der Waals surface area contributed by atoms with E-state index >= 15 is 0 Å². The zero-order valence-electron chi connectivity index (χ0n) is 12.8. The van der Waals surface area contributed by atoms with Crippen LogP contribution in [-0.2, 0) is 0 Å². The Morgan fingerprint density at radius 1 is 1.25 bits per heavy atom. The molecule has 1 aliphatic rings. The first-order valence-electron chi connectivity index (χ1n) is 7.55. The molecule has 2 rings (SSSR count). The minimum atomic E-state index is 0.284. The lowest BCUT2D eigenvalue weighted by Gasteiger charge is -2.22. The van der Waals surface area contributed by atoms with Crippen LogP contribution in [0.1, 0.15) is 49.4 Å². The molecular formula is C15H26N4O. The normalized spacial score (nSPS) is 14.4. The molecule has 0 amide bonds. The zero-order valence-corrected chi connectivity index (χ0v) is 12.8. The van der Waals surface area contributed by atoms with E-state index in [-0.39, 0.29) is 6.61 Å². The molecule has 1 saturated carbocycles. The number of aliphatic hydroxyl groups excluding tert-OH is 1. The Hall–Kier alpha value is -1.36. The first kappa shape index (κ1) is 15.0. The topological polar surface area (TPSA) is 61.3 Å². The van der Waals surface area contributed by atoms with Crippen LogP contribution in [0.4, 0.5) is 11.6 Å². The number of rotatable bonds is 8. The number of nitrogens with one attached hydrogen (secondary N) is 1. The highest BCUT2D eigenvalue weighted by molar-refractivity contribution is 5.58. The summed E-state index contributed by atoms with van der Waals surface area (Å²) >= 11 is 0. The molecule has 20 heavy (non-hydrogen) atoms. The third kappa shape index (κ3) is 3.60. The molecule has 1 aromatic heterocycles. The Kier molecular flexibility index (Phi) is 5.17. The molecule has 0 atom stereocenters. The van der Waals surface area contributed by atoms with Gasteiger partial charge in [-0.15, -0.1) is 0 Å². The van der Waals surface area contributed by atoms with Crippen molar-refractivity contribution in [1.82, 2.24) is 9.97 Å². The second-order valence-corrected chi connectivity index (χ2v) is 5.61. The number of hydrogen-bond donors (Lipinski definition) is 2. The van der Waals surface area contributed by atoms with E-state index in [0.717, 1.165) is 48.8 Å². The van der Waals surface area contributed by atoms with Crippen LogP contribution in [0.15, 0.2) is 0 Å². The van der Waals surface area contributed by atoms with Crippen molar-refractivity contribution < 1.29 is 5.11 Å². The second kappa shape index (κ2) is 6.88. The molecular weight excluding hydrogens is 252 g/mol. The first-order chi connectivity index (χ1) is 9.67. The lowest BCUT2D eigenvalue weighted by atomic mass is 10.2. The van der Waals surface area contributed by atoms with E-state index in [0.29, 0.717) is 5.92 Å². The molecule has 2 N–H and O–H groups in total. The van der Waals surface area contributed by atoms with Crippen LogP contribution in [0.5, 0.6) is 0 Å². The van der Waals surface area contributed by atoms with Gasteiger partial charge in [0.05, 0.1) is 0 Å². The maximum absolute atomic E-state index is 8.82.